The average Bonchev–Trinajstić information content (AvgIpc) is 3.76. The van der Waals surface area contributed by atoms with Crippen LogP contribution in [0.5, 0.6) is 0 Å². The number of aliphatic hydroxyl groups excluding tert-OH is 1. The third-order valence-electron chi connectivity index (χ3n) is 11.4. The van der Waals surface area contributed by atoms with E-state index in [-0.39, 0.29) is 18.1 Å². The van der Waals surface area contributed by atoms with Gasteiger partial charge in [0, 0.05) is 73.2 Å². The average molecular weight is 756 g/mol. The summed E-state index contributed by atoms with van der Waals surface area (Å²) >= 11 is 1.76. The lowest BCUT2D eigenvalue weighted by Crippen LogP contribution is -2.51. The number of hydrogen-bond donors (Lipinski definition) is 5. The molecular weight excluding hydrogens is 687 g/mol. The first-order valence-corrected chi connectivity index (χ1v) is 21.1. The Morgan fingerprint density at radius 3 is 2.69 bits per heavy atom. The number of rotatable bonds is 22. The highest BCUT2D eigenvalue weighted by molar-refractivity contribution is 7.09. The number of nitrogens with two attached hydrogens (primary N) is 1. The molecule has 54 heavy (non-hydrogen) atoms. The molecule has 4 rings (SSSR count). The fraction of sp³-hybridized carbons (Fsp3) is 0.556. The Morgan fingerprint density at radius 2 is 2.04 bits per heavy atom. The number of piperazine rings is 1. The van der Waals surface area contributed by atoms with E-state index in [1.807, 2.05) is 6.08 Å². The summed E-state index contributed by atoms with van der Waals surface area (Å²) in [5, 5.41) is 26.6. The van der Waals surface area contributed by atoms with E-state index >= 15 is 0 Å². The minimum absolute atomic E-state index is 0.00963. The number of fused-ring (bicyclic) bond motifs is 1. The van der Waals surface area contributed by atoms with E-state index in [0.717, 1.165) is 99.5 Å². The maximum atomic E-state index is 9.96. The molecule has 1 fully saturated rings. The lowest BCUT2D eigenvalue weighted by molar-refractivity contribution is 0.177. The number of aromatic nitrogens is 2. The molecule has 0 spiro atoms. The van der Waals surface area contributed by atoms with Gasteiger partial charge in [0.2, 0.25) is 0 Å². The molecule has 1 aromatic carbocycles. The monoisotopic (exact) mass is 756 g/mol. The standard InChI is InChI=1S/C45H69N7OS/c1-10-13-19-45(8,9)26-40-39-23-35(41-30-54-43(50-41)24-34(11-2)32(6)16-14-15-20-49-47)17-18-42(39)52(12-3)44(40)38(33(7)31(4)5)25-37(27-46)51-22-21-48-36(28-51)29-53/h10,17-18,23,25,27,30-31,34,36,46,48-49,53H,1,6,11-16,19-22,24,26,28-29,47H2,2-5,7-9H3/b37-25+,38-33-,46-27?. The molecule has 1 aliphatic rings. The van der Waals surface area contributed by atoms with Crippen molar-refractivity contribution in [2.75, 3.05) is 32.8 Å². The third kappa shape index (κ3) is 10.9. The van der Waals surface area contributed by atoms with Crippen LogP contribution >= 0.6 is 11.3 Å². The van der Waals surface area contributed by atoms with Crippen molar-refractivity contribution in [3.63, 3.8) is 0 Å². The molecule has 296 valence electrons. The number of unbranched alkanes of at least 4 members (excludes halogenated alkanes) is 1. The van der Waals surface area contributed by atoms with Gasteiger partial charge in [0.25, 0.3) is 0 Å². The van der Waals surface area contributed by atoms with E-state index in [1.165, 1.54) is 45.1 Å². The second kappa shape index (κ2) is 20.5. The van der Waals surface area contributed by atoms with Crippen molar-refractivity contribution in [3.8, 4) is 11.3 Å². The Labute approximate surface area is 330 Å². The molecule has 1 aliphatic heterocycles. The molecule has 1 saturated heterocycles. The fourth-order valence-corrected chi connectivity index (χ4v) is 8.69. The van der Waals surface area contributed by atoms with Crippen LogP contribution in [0, 0.1) is 22.7 Å². The van der Waals surface area contributed by atoms with Crippen LogP contribution in [0.4, 0.5) is 0 Å². The zero-order chi connectivity index (χ0) is 39.4. The van der Waals surface area contributed by atoms with Crippen molar-refractivity contribution < 1.29 is 5.11 Å². The Bertz CT molecular complexity index is 1780. The summed E-state index contributed by atoms with van der Waals surface area (Å²) in [5.41, 5.74) is 13.5. The van der Waals surface area contributed by atoms with Gasteiger partial charge in [-0.3, -0.25) is 11.3 Å². The molecule has 0 amide bonds. The van der Waals surface area contributed by atoms with Gasteiger partial charge in [0.15, 0.2) is 0 Å². The van der Waals surface area contributed by atoms with Gasteiger partial charge >= 0.3 is 0 Å². The number of hydrogen-bond acceptors (Lipinski definition) is 8. The van der Waals surface area contributed by atoms with Crippen LogP contribution in [-0.2, 0) is 19.4 Å². The molecule has 0 radical (unpaired) electrons. The van der Waals surface area contributed by atoms with Crippen LogP contribution in [0.25, 0.3) is 27.7 Å². The van der Waals surface area contributed by atoms with Gasteiger partial charge in [-0.25, -0.2) is 4.98 Å². The highest BCUT2D eigenvalue weighted by Crippen LogP contribution is 2.41. The molecule has 8 nitrogen and oxygen atoms in total. The minimum atomic E-state index is -0.00963. The zero-order valence-electron chi connectivity index (χ0n) is 34.4. The number of aliphatic hydroxyl groups is 1. The number of hydrazine groups is 1. The van der Waals surface area contributed by atoms with Gasteiger partial charge in [0.05, 0.1) is 28.7 Å². The first kappa shape index (κ1) is 43.4. The van der Waals surface area contributed by atoms with Crippen LogP contribution < -0.4 is 16.6 Å². The minimum Gasteiger partial charge on any atom is -0.395 e. The number of allylic oxidation sites excluding steroid dienone is 6. The van der Waals surface area contributed by atoms with Gasteiger partial charge in [-0.05, 0) is 105 Å². The topological polar surface area (TPSA) is 115 Å². The molecule has 2 aromatic heterocycles. The van der Waals surface area contributed by atoms with E-state index in [9.17, 15) is 5.11 Å². The summed E-state index contributed by atoms with van der Waals surface area (Å²) in [6.07, 6.45) is 13.9. The molecule has 9 heteroatoms. The largest absolute Gasteiger partial charge is 0.395 e. The van der Waals surface area contributed by atoms with Crippen molar-refractivity contribution in [2.24, 2.45) is 23.1 Å². The molecule has 6 N–H and O–H groups in total. The van der Waals surface area contributed by atoms with Gasteiger partial charge in [-0.2, -0.15) is 0 Å². The molecule has 2 unspecified atom stereocenters. The number of benzene rings is 1. The number of nitrogens with zero attached hydrogens (tertiary/aromatic N) is 3. The maximum Gasteiger partial charge on any atom is 0.0938 e. The molecule has 0 saturated carbocycles. The van der Waals surface area contributed by atoms with E-state index in [0.29, 0.717) is 18.4 Å². The molecule has 0 aliphatic carbocycles. The lowest BCUT2D eigenvalue weighted by atomic mass is 9.79. The van der Waals surface area contributed by atoms with E-state index in [4.69, 9.17) is 16.2 Å². The summed E-state index contributed by atoms with van der Waals surface area (Å²) in [6.45, 7) is 28.5. The fourth-order valence-electron chi connectivity index (χ4n) is 7.80. The summed E-state index contributed by atoms with van der Waals surface area (Å²) in [5.74, 6) is 6.21. The van der Waals surface area contributed by atoms with Crippen LogP contribution in [0.1, 0.15) is 103 Å². The van der Waals surface area contributed by atoms with E-state index < -0.39 is 0 Å². The number of aryl methyl sites for hydroxylation is 1. The quantitative estimate of drug-likeness (QED) is 0.0174. The van der Waals surface area contributed by atoms with Crippen molar-refractivity contribution in [1.82, 2.24) is 25.2 Å². The molecule has 0 bridgehead atoms. The Hall–Kier alpha value is -3.34. The maximum absolute atomic E-state index is 9.96. The molecule has 3 aromatic rings. The van der Waals surface area contributed by atoms with Gasteiger partial charge in [-0.1, -0.05) is 64.5 Å². The Morgan fingerprint density at radius 1 is 1.26 bits per heavy atom. The summed E-state index contributed by atoms with van der Waals surface area (Å²) in [4.78, 5) is 7.47. The highest BCUT2D eigenvalue weighted by atomic mass is 32.1. The molecule has 3 heterocycles. The second-order valence-corrected chi connectivity index (χ2v) is 17.2. The molecular formula is C45H69N7OS. The second-order valence-electron chi connectivity index (χ2n) is 16.2. The highest BCUT2D eigenvalue weighted by Gasteiger charge is 2.28. The first-order chi connectivity index (χ1) is 25.9. The smallest absolute Gasteiger partial charge is 0.0938 e. The summed E-state index contributed by atoms with van der Waals surface area (Å²) < 4.78 is 2.50. The van der Waals surface area contributed by atoms with Crippen LogP contribution in [-0.4, -0.2) is 64.6 Å². The van der Waals surface area contributed by atoms with Crippen molar-refractivity contribution in [2.45, 2.75) is 112 Å². The molecule has 2 atom stereocenters. The first-order valence-electron chi connectivity index (χ1n) is 20.3. The number of thiazole rings is 1. The van der Waals surface area contributed by atoms with Crippen LogP contribution in [0.15, 0.2) is 65.7 Å². The van der Waals surface area contributed by atoms with Gasteiger partial charge in [-0.15, -0.1) is 17.9 Å². The zero-order valence-corrected chi connectivity index (χ0v) is 35.2. The Balaban J connectivity index is 1.85. The normalized spacial score (nSPS) is 16.6. The van der Waals surface area contributed by atoms with E-state index in [1.54, 1.807) is 11.3 Å². The Kier molecular flexibility index (Phi) is 16.5. The van der Waals surface area contributed by atoms with Gasteiger partial charge in [0.1, 0.15) is 0 Å². The summed E-state index contributed by atoms with van der Waals surface area (Å²) in [7, 11) is 0. The van der Waals surface area contributed by atoms with Crippen LogP contribution in [0.3, 0.4) is 0 Å². The summed E-state index contributed by atoms with van der Waals surface area (Å²) in [6, 6.07) is 6.93. The van der Waals surface area contributed by atoms with Crippen molar-refractivity contribution >= 4 is 34.0 Å². The predicted octanol–water partition coefficient (Wildman–Crippen LogP) is 9.31. The van der Waals surface area contributed by atoms with Crippen LogP contribution in [0.2, 0.25) is 0 Å². The third-order valence-corrected chi connectivity index (χ3v) is 12.3. The van der Waals surface area contributed by atoms with E-state index in [2.05, 4.69) is 111 Å². The number of nitrogens with one attached hydrogen (secondary N) is 3. The predicted molar refractivity (Wildman–Crippen MR) is 233 cm³/mol. The van der Waals surface area contributed by atoms with Crippen molar-refractivity contribution in [1.29, 1.82) is 5.41 Å². The SMILES string of the molecule is C=CCCC(C)(C)Cc1c(C(/C=C(\C=N)N2CCNC(CO)C2)=C(/C)C(C)C)n(CC)c2ccc(-c3csc(CC(CC)C(=C)CCCCNN)n3)cc12. The van der Waals surface area contributed by atoms with Crippen molar-refractivity contribution in [3.05, 3.63) is 82.0 Å². The van der Waals surface area contributed by atoms with Gasteiger partial charge < -0.3 is 25.3 Å². The lowest BCUT2D eigenvalue weighted by Gasteiger charge is -2.35.